The molecule has 0 spiro atoms. The molecule has 0 aliphatic carbocycles. The maximum atomic E-state index is 13.5. The molecule has 3 nitrogen and oxygen atoms in total. The summed E-state index contributed by atoms with van der Waals surface area (Å²) in [5, 5.41) is 0. The van der Waals surface area contributed by atoms with Gasteiger partial charge in [0.05, 0.1) is 0 Å². The molecule has 2 aromatic carbocycles. The first kappa shape index (κ1) is 25.4. The summed E-state index contributed by atoms with van der Waals surface area (Å²) < 4.78 is 6.43. The molecular formula is C30H33NO2S. The van der Waals surface area contributed by atoms with Crippen molar-refractivity contribution in [3.63, 3.8) is 0 Å². The van der Waals surface area contributed by atoms with Crippen LogP contribution in [0.1, 0.15) is 45.2 Å². The Bertz CT molecular complexity index is 1200. The second-order valence-electron chi connectivity index (χ2n) is 8.87. The minimum Gasteiger partial charge on any atom is -0.456 e. The first-order valence-corrected chi connectivity index (χ1v) is 12.0. The average Bonchev–Trinajstić information content (AvgIpc) is 2.82. The van der Waals surface area contributed by atoms with E-state index in [1.165, 1.54) is 0 Å². The van der Waals surface area contributed by atoms with Crippen LogP contribution in [-0.4, -0.2) is 24.7 Å². The van der Waals surface area contributed by atoms with Gasteiger partial charge in [-0.25, -0.2) is 0 Å². The highest BCUT2D eigenvalue weighted by Gasteiger charge is 2.26. The fourth-order valence-corrected chi connectivity index (χ4v) is 4.04. The standard InChI is InChI=1S/C30H33NO2S/c1-7-20(2)29(30(32)21(3)17-22(4)34)28-18-24(14-13-23-11-9-8-10-12-23)26-16-15-25(31(5)6)19-27(26)33-28/h8-20H,7H2,1-6H3/b14-13-,21-17-,29-28+. The molecule has 0 N–H and O–H groups in total. The van der Waals surface area contributed by atoms with E-state index in [2.05, 4.69) is 50.3 Å². The Morgan fingerprint density at radius 3 is 2.41 bits per heavy atom. The van der Waals surface area contributed by atoms with Gasteiger partial charge in [-0.1, -0.05) is 68.5 Å². The second-order valence-corrected chi connectivity index (χ2v) is 9.52. The summed E-state index contributed by atoms with van der Waals surface area (Å²) in [5.74, 6) is 1.36. The fourth-order valence-electron chi connectivity index (χ4n) is 3.87. The second kappa shape index (κ2) is 11.3. The van der Waals surface area contributed by atoms with Gasteiger partial charge in [0.25, 0.3) is 0 Å². The van der Waals surface area contributed by atoms with E-state index in [-0.39, 0.29) is 11.7 Å². The summed E-state index contributed by atoms with van der Waals surface area (Å²) >= 11 is 5.22. The molecule has 0 radical (unpaired) electrons. The highest BCUT2D eigenvalue weighted by atomic mass is 32.1. The van der Waals surface area contributed by atoms with Crippen LogP contribution in [0.2, 0.25) is 0 Å². The number of ketones is 1. The van der Waals surface area contributed by atoms with Crippen molar-refractivity contribution in [2.75, 3.05) is 19.0 Å². The molecule has 0 aromatic heterocycles. The normalized spacial score (nSPS) is 15.8. The van der Waals surface area contributed by atoms with E-state index in [1.807, 2.05) is 63.2 Å². The largest absolute Gasteiger partial charge is 0.456 e. The lowest BCUT2D eigenvalue weighted by Gasteiger charge is -2.25. The van der Waals surface area contributed by atoms with Crippen molar-refractivity contribution in [2.24, 2.45) is 5.92 Å². The lowest BCUT2D eigenvalue weighted by atomic mass is 9.88. The third-order valence-corrected chi connectivity index (χ3v) is 6.07. The number of rotatable bonds is 8. The van der Waals surface area contributed by atoms with Crippen LogP contribution in [0.5, 0.6) is 5.75 Å². The summed E-state index contributed by atoms with van der Waals surface area (Å²) in [6.07, 6.45) is 8.76. The highest BCUT2D eigenvalue weighted by molar-refractivity contribution is 7.80. The minimum atomic E-state index is -0.0246. The third-order valence-electron chi connectivity index (χ3n) is 5.95. The number of carbonyl (C=O) groups is 1. The van der Waals surface area contributed by atoms with Gasteiger partial charge in [0, 0.05) is 41.9 Å². The fraction of sp³-hybridized carbons (Fsp3) is 0.267. The van der Waals surface area contributed by atoms with E-state index < -0.39 is 0 Å². The van der Waals surface area contributed by atoms with Gasteiger partial charge in [-0.2, -0.15) is 0 Å². The Labute approximate surface area is 209 Å². The van der Waals surface area contributed by atoms with Crippen LogP contribution in [0.3, 0.4) is 0 Å². The molecular weight excluding hydrogens is 438 g/mol. The Hall–Kier alpha value is -3.24. The van der Waals surface area contributed by atoms with Gasteiger partial charge in [0.1, 0.15) is 11.5 Å². The van der Waals surface area contributed by atoms with Gasteiger partial charge >= 0.3 is 0 Å². The lowest BCUT2D eigenvalue weighted by molar-refractivity contribution is -0.112. The number of carbonyl (C=O) groups excluding carboxylic acids is 1. The van der Waals surface area contributed by atoms with Crippen LogP contribution >= 0.6 is 12.2 Å². The van der Waals surface area contributed by atoms with E-state index in [9.17, 15) is 4.79 Å². The molecule has 0 amide bonds. The van der Waals surface area contributed by atoms with E-state index in [0.29, 0.717) is 21.8 Å². The molecule has 1 atom stereocenters. The Morgan fingerprint density at radius 2 is 1.79 bits per heavy atom. The number of nitrogens with zero attached hydrogens (tertiary/aromatic N) is 1. The number of fused-ring (bicyclic) bond motifs is 1. The molecule has 1 heterocycles. The molecule has 0 saturated heterocycles. The Morgan fingerprint density at radius 1 is 1.09 bits per heavy atom. The zero-order valence-electron chi connectivity index (χ0n) is 20.9. The maximum absolute atomic E-state index is 13.5. The van der Waals surface area contributed by atoms with E-state index in [0.717, 1.165) is 34.6 Å². The lowest BCUT2D eigenvalue weighted by Crippen LogP contribution is -2.18. The van der Waals surface area contributed by atoms with Crippen molar-refractivity contribution in [3.05, 3.63) is 94.8 Å². The number of anilines is 1. The van der Waals surface area contributed by atoms with Crippen molar-refractivity contribution in [1.82, 2.24) is 0 Å². The van der Waals surface area contributed by atoms with Crippen molar-refractivity contribution in [1.29, 1.82) is 0 Å². The summed E-state index contributed by atoms with van der Waals surface area (Å²) in [6, 6.07) is 16.4. The van der Waals surface area contributed by atoms with Crippen LogP contribution < -0.4 is 9.64 Å². The van der Waals surface area contributed by atoms with Crippen molar-refractivity contribution >= 4 is 40.2 Å². The molecule has 34 heavy (non-hydrogen) atoms. The number of Topliss-reactive ketones (excluding diaryl/α,β-unsaturated/α-hetero) is 1. The van der Waals surface area contributed by atoms with Crippen LogP contribution in [0.25, 0.3) is 11.6 Å². The van der Waals surface area contributed by atoms with Crippen LogP contribution in [-0.2, 0) is 4.79 Å². The number of thiocarbonyl (C=S) groups is 1. The Balaban J connectivity index is 2.20. The van der Waals surface area contributed by atoms with E-state index in [1.54, 1.807) is 6.08 Å². The molecule has 2 aromatic rings. The first-order chi connectivity index (χ1) is 16.2. The quantitative estimate of drug-likeness (QED) is 0.295. The number of ether oxygens (including phenoxy) is 1. The number of allylic oxidation sites excluding steroid dienone is 6. The predicted molar refractivity (Wildman–Crippen MR) is 148 cm³/mol. The summed E-state index contributed by atoms with van der Waals surface area (Å²) in [7, 11) is 4.01. The number of benzene rings is 2. The van der Waals surface area contributed by atoms with Crippen molar-refractivity contribution in [2.45, 2.75) is 34.1 Å². The van der Waals surface area contributed by atoms with Crippen molar-refractivity contribution in [3.8, 4) is 5.75 Å². The van der Waals surface area contributed by atoms with E-state index in [4.69, 9.17) is 17.0 Å². The summed E-state index contributed by atoms with van der Waals surface area (Å²) in [4.78, 5) is 16.3. The third kappa shape index (κ3) is 6.00. The topological polar surface area (TPSA) is 29.5 Å². The highest BCUT2D eigenvalue weighted by Crippen LogP contribution is 2.39. The molecule has 1 aliphatic heterocycles. The average molecular weight is 472 g/mol. The molecule has 1 aliphatic rings. The van der Waals surface area contributed by atoms with Gasteiger partial charge < -0.3 is 9.64 Å². The van der Waals surface area contributed by atoms with Gasteiger partial charge in [-0.15, -0.1) is 0 Å². The SMILES string of the molecule is CCC(C)/C(C(=O)/C(C)=C\C(C)=S)=C1C=C(/C=C\c2ccccc2)c2ccc(N(C)C)cc2O/1. The molecule has 176 valence electrons. The minimum absolute atomic E-state index is 0.0246. The van der Waals surface area contributed by atoms with Crippen LogP contribution in [0.15, 0.2) is 83.7 Å². The zero-order valence-corrected chi connectivity index (χ0v) is 21.7. The summed E-state index contributed by atoms with van der Waals surface area (Å²) in [6.45, 7) is 7.80. The van der Waals surface area contributed by atoms with Gasteiger partial charge in [-0.05, 0) is 67.2 Å². The van der Waals surface area contributed by atoms with Crippen LogP contribution in [0.4, 0.5) is 5.69 Å². The number of hydrogen-bond donors (Lipinski definition) is 0. The van der Waals surface area contributed by atoms with Gasteiger partial charge in [0.15, 0.2) is 5.78 Å². The number of hydrogen-bond acceptors (Lipinski definition) is 4. The molecule has 1 unspecified atom stereocenters. The predicted octanol–water partition coefficient (Wildman–Crippen LogP) is 7.45. The van der Waals surface area contributed by atoms with Crippen molar-refractivity contribution < 1.29 is 9.53 Å². The van der Waals surface area contributed by atoms with Gasteiger partial charge in [-0.3, -0.25) is 4.79 Å². The van der Waals surface area contributed by atoms with Gasteiger partial charge in [0.2, 0.25) is 0 Å². The maximum Gasteiger partial charge on any atom is 0.188 e. The van der Waals surface area contributed by atoms with E-state index >= 15 is 0 Å². The van der Waals surface area contributed by atoms with Crippen LogP contribution in [0, 0.1) is 5.92 Å². The molecule has 4 heteroatoms. The monoisotopic (exact) mass is 471 g/mol. The Kier molecular flexibility index (Phi) is 8.41. The molecule has 0 saturated carbocycles. The molecule has 0 fully saturated rings. The molecule has 0 bridgehead atoms. The molecule has 3 rings (SSSR count). The summed E-state index contributed by atoms with van der Waals surface area (Å²) in [5.41, 5.74) is 5.46. The zero-order chi connectivity index (χ0) is 24.8. The first-order valence-electron chi connectivity index (χ1n) is 11.6. The smallest absolute Gasteiger partial charge is 0.188 e.